The number of fused-ring (bicyclic) bond motifs is 1. The summed E-state index contributed by atoms with van der Waals surface area (Å²) in [5.74, 6) is 0.181. The van der Waals surface area contributed by atoms with Gasteiger partial charge in [0, 0.05) is 44.4 Å². The van der Waals surface area contributed by atoms with E-state index >= 15 is 0 Å². The van der Waals surface area contributed by atoms with Gasteiger partial charge in [0.1, 0.15) is 11.5 Å². The molecule has 1 aromatic carbocycles. The Hall–Kier alpha value is -2.65. The van der Waals surface area contributed by atoms with E-state index in [0.29, 0.717) is 30.4 Å². The van der Waals surface area contributed by atoms with Crippen LogP contribution in [0.3, 0.4) is 0 Å². The summed E-state index contributed by atoms with van der Waals surface area (Å²) in [5, 5.41) is 7.96. The predicted octanol–water partition coefficient (Wildman–Crippen LogP) is 2.19. The minimum Gasteiger partial charge on any atom is -0.379 e. The second kappa shape index (κ2) is 7.06. The van der Waals surface area contributed by atoms with Crippen molar-refractivity contribution in [2.75, 3.05) is 26.3 Å². The van der Waals surface area contributed by atoms with E-state index in [1.807, 2.05) is 10.9 Å². The molecule has 2 aliphatic rings. The number of nitrogens with one attached hydrogen (secondary N) is 1. The van der Waals surface area contributed by atoms with Crippen LogP contribution in [0, 0.1) is 11.6 Å². The molecule has 0 bridgehead atoms. The fraction of sp³-hybridized carbons (Fsp3) is 0.421. The molecule has 28 heavy (non-hydrogen) atoms. The number of nitrogens with zero attached hydrogens (tertiary/aromatic N) is 5. The smallest absolute Gasteiger partial charge is 0.181 e. The van der Waals surface area contributed by atoms with Crippen LogP contribution >= 0.6 is 0 Å². The van der Waals surface area contributed by atoms with Gasteiger partial charge in [-0.05, 0) is 24.6 Å². The molecule has 1 fully saturated rings. The molecule has 0 saturated carbocycles. The summed E-state index contributed by atoms with van der Waals surface area (Å²) in [6, 6.07) is 3.75. The van der Waals surface area contributed by atoms with Crippen LogP contribution < -0.4 is 5.32 Å². The first kappa shape index (κ1) is 17.4. The van der Waals surface area contributed by atoms with Crippen molar-refractivity contribution in [1.82, 2.24) is 29.6 Å². The van der Waals surface area contributed by atoms with Crippen molar-refractivity contribution >= 4 is 0 Å². The van der Waals surface area contributed by atoms with Gasteiger partial charge in [-0.25, -0.2) is 23.4 Å². The second-order valence-corrected chi connectivity index (χ2v) is 7.09. The molecule has 2 aromatic heterocycles. The molecule has 1 unspecified atom stereocenters. The normalized spacial score (nSPS) is 19.6. The molecule has 0 aliphatic carbocycles. The molecule has 5 rings (SSSR count). The zero-order valence-electron chi connectivity index (χ0n) is 15.2. The maximum atomic E-state index is 13.7. The monoisotopic (exact) mass is 386 g/mol. The van der Waals surface area contributed by atoms with Crippen LogP contribution in [-0.4, -0.2) is 50.6 Å². The van der Waals surface area contributed by atoms with Crippen LogP contribution in [0.5, 0.6) is 0 Å². The third-order valence-electron chi connectivity index (χ3n) is 5.20. The Bertz CT molecular complexity index is 985. The van der Waals surface area contributed by atoms with Crippen molar-refractivity contribution in [3.63, 3.8) is 0 Å². The van der Waals surface area contributed by atoms with Crippen LogP contribution in [0.4, 0.5) is 8.78 Å². The van der Waals surface area contributed by atoms with Crippen LogP contribution in [0.2, 0.25) is 0 Å². The number of hydrogen-bond acceptors (Lipinski definition) is 5. The van der Waals surface area contributed by atoms with E-state index in [0.717, 1.165) is 56.1 Å². The van der Waals surface area contributed by atoms with Gasteiger partial charge in [-0.2, -0.15) is 5.10 Å². The summed E-state index contributed by atoms with van der Waals surface area (Å²) in [4.78, 5) is 9.43. The van der Waals surface area contributed by atoms with Crippen molar-refractivity contribution in [2.45, 2.75) is 25.4 Å². The van der Waals surface area contributed by atoms with E-state index in [4.69, 9.17) is 9.72 Å². The fourth-order valence-electron chi connectivity index (χ4n) is 3.70. The Morgan fingerprint density at radius 3 is 2.89 bits per heavy atom. The first-order valence-electron chi connectivity index (χ1n) is 9.46. The van der Waals surface area contributed by atoms with Gasteiger partial charge in [0.15, 0.2) is 23.3 Å². The molecule has 0 amide bonds. The number of halogens is 2. The van der Waals surface area contributed by atoms with E-state index in [9.17, 15) is 8.78 Å². The fourth-order valence-corrected chi connectivity index (χ4v) is 3.70. The van der Waals surface area contributed by atoms with Gasteiger partial charge < -0.3 is 14.6 Å². The Morgan fingerprint density at radius 2 is 2.07 bits per heavy atom. The highest BCUT2D eigenvalue weighted by molar-refractivity contribution is 5.59. The summed E-state index contributed by atoms with van der Waals surface area (Å²) in [6.45, 7) is 3.84. The highest BCUT2D eigenvalue weighted by atomic mass is 19.2. The molecule has 1 N–H and O–H groups in total. The lowest BCUT2D eigenvalue weighted by atomic mass is 10.2. The van der Waals surface area contributed by atoms with Crippen molar-refractivity contribution in [3.8, 4) is 22.9 Å². The average Bonchev–Trinajstić information content (AvgIpc) is 3.41. The first-order chi connectivity index (χ1) is 13.7. The standard InChI is InChI=1S/C19H20F2N6O/c20-14-2-1-12(9-15(14)21)18-24-19(27(25-18)13-4-8-28-11-13)16-10-26-7-6-22-5-3-17(26)23-16/h1-2,9-10,13,22H,3-8,11H2. The molecule has 0 spiro atoms. The second-order valence-electron chi connectivity index (χ2n) is 7.09. The highest BCUT2D eigenvalue weighted by Gasteiger charge is 2.26. The van der Waals surface area contributed by atoms with Gasteiger partial charge in [-0.15, -0.1) is 0 Å². The van der Waals surface area contributed by atoms with E-state index < -0.39 is 11.6 Å². The van der Waals surface area contributed by atoms with Gasteiger partial charge in [0.2, 0.25) is 0 Å². The number of imidazole rings is 1. The van der Waals surface area contributed by atoms with Gasteiger partial charge in [-0.3, -0.25) is 0 Å². The summed E-state index contributed by atoms with van der Waals surface area (Å²) >= 11 is 0. The predicted molar refractivity (Wildman–Crippen MR) is 97.6 cm³/mol. The third kappa shape index (κ3) is 3.10. The number of aromatic nitrogens is 5. The van der Waals surface area contributed by atoms with Crippen molar-refractivity contribution in [1.29, 1.82) is 0 Å². The van der Waals surface area contributed by atoms with Gasteiger partial charge >= 0.3 is 0 Å². The Labute approximate surface area is 160 Å². The van der Waals surface area contributed by atoms with E-state index in [2.05, 4.69) is 20.0 Å². The molecule has 7 nitrogen and oxygen atoms in total. The first-order valence-corrected chi connectivity index (χ1v) is 9.46. The Balaban J connectivity index is 1.59. The average molecular weight is 386 g/mol. The topological polar surface area (TPSA) is 69.8 Å². The molecule has 3 aromatic rings. The quantitative estimate of drug-likeness (QED) is 0.747. The lowest BCUT2D eigenvalue weighted by Crippen LogP contribution is -2.17. The van der Waals surface area contributed by atoms with Crippen LogP contribution in [0.1, 0.15) is 18.3 Å². The molecule has 9 heteroatoms. The maximum absolute atomic E-state index is 13.7. The third-order valence-corrected chi connectivity index (χ3v) is 5.20. The highest BCUT2D eigenvalue weighted by Crippen LogP contribution is 2.29. The van der Waals surface area contributed by atoms with E-state index in [1.165, 1.54) is 6.07 Å². The minimum atomic E-state index is -0.916. The molecule has 0 radical (unpaired) electrons. The van der Waals surface area contributed by atoms with Crippen LogP contribution in [-0.2, 0) is 17.7 Å². The SMILES string of the molecule is Fc1ccc(-c2nc(-c3cn4c(n3)CCNCC4)n(C3CCOC3)n2)cc1F. The zero-order valence-corrected chi connectivity index (χ0v) is 15.2. The molecule has 1 atom stereocenters. The van der Waals surface area contributed by atoms with Crippen molar-refractivity contribution in [2.24, 2.45) is 0 Å². The Kier molecular flexibility index (Phi) is 4.40. The van der Waals surface area contributed by atoms with E-state index in [-0.39, 0.29) is 6.04 Å². The van der Waals surface area contributed by atoms with E-state index in [1.54, 1.807) is 0 Å². The summed E-state index contributed by atoms with van der Waals surface area (Å²) in [5.41, 5.74) is 1.17. The van der Waals surface area contributed by atoms with Crippen LogP contribution in [0.25, 0.3) is 22.9 Å². The molecule has 1 saturated heterocycles. The maximum Gasteiger partial charge on any atom is 0.181 e. The van der Waals surface area contributed by atoms with Crippen molar-refractivity contribution < 1.29 is 13.5 Å². The lowest BCUT2D eigenvalue weighted by molar-refractivity contribution is 0.185. The summed E-state index contributed by atoms with van der Waals surface area (Å²) in [6.07, 6.45) is 3.66. The molecule has 146 valence electrons. The van der Waals surface area contributed by atoms with Crippen molar-refractivity contribution in [3.05, 3.63) is 41.9 Å². The molecular weight excluding hydrogens is 366 g/mol. The summed E-state index contributed by atoms with van der Waals surface area (Å²) in [7, 11) is 0. The number of hydrogen-bond donors (Lipinski definition) is 1. The number of ether oxygens (including phenoxy) is 1. The largest absolute Gasteiger partial charge is 0.379 e. The number of rotatable bonds is 3. The molecular formula is C19H20F2N6O. The molecule has 4 heterocycles. The lowest BCUT2D eigenvalue weighted by Gasteiger charge is -2.10. The summed E-state index contributed by atoms with van der Waals surface area (Å²) < 4.78 is 36.5. The minimum absolute atomic E-state index is 0.0460. The van der Waals surface area contributed by atoms with Gasteiger partial charge in [0.25, 0.3) is 0 Å². The Morgan fingerprint density at radius 1 is 1.14 bits per heavy atom. The van der Waals surface area contributed by atoms with Gasteiger partial charge in [-0.1, -0.05) is 0 Å². The zero-order chi connectivity index (χ0) is 19.1. The van der Waals surface area contributed by atoms with Gasteiger partial charge in [0.05, 0.1) is 12.6 Å². The number of benzene rings is 1. The molecule has 2 aliphatic heterocycles. The van der Waals surface area contributed by atoms with Crippen LogP contribution in [0.15, 0.2) is 24.4 Å².